The molecule has 0 aliphatic carbocycles. The van der Waals surface area contributed by atoms with Crippen LogP contribution in [0, 0.1) is 0 Å². The van der Waals surface area contributed by atoms with Crippen molar-refractivity contribution in [2.45, 2.75) is 39.8 Å². The molecule has 0 fully saturated rings. The lowest BCUT2D eigenvalue weighted by Crippen LogP contribution is -2.06. The van der Waals surface area contributed by atoms with Gasteiger partial charge in [-0.3, -0.25) is 0 Å². The Kier molecular flexibility index (Phi) is 7.47. The Balaban J connectivity index is 0. The third-order valence-corrected chi connectivity index (χ3v) is 0.835. The van der Waals surface area contributed by atoms with Crippen LogP contribution in [0.1, 0.15) is 33.6 Å². The predicted octanol–water partition coefficient (Wildman–Crippen LogP) is 3.93. The second-order valence-corrected chi connectivity index (χ2v) is 2.07. The molecule has 0 aliphatic heterocycles. The third kappa shape index (κ3) is 17.7. The van der Waals surface area contributed by atoms with E-state index in [2.05, 4.69) is 6.58 Å². The SMILES string of the molecule is C=C(C)CCC(F)(F)F.CC. The van der Waals surface area contributed by atoms with E-state index in [9.17, 15) is 13.2 Å². The summed E-state index contributed by atoms with van der Waals surface area (Å²) in [5, 5.41) is 0. The molecule has 0 atom stereocenters. The summed E-state index contributed by atoms with van der Waals surface area (Å²) in [6.45, 7) is 8.95. The molecule has 3 heteroatoms. The molecule has 0 aromatic carbocycles. The van der Waals surface area contributed by atoms with E-state index < -0.39 is 12.6 Å². The molecule has 0 saturated heterocycles. The van der Waals surface area contributed by atoms with Gasteiger partial charge in [0.15, 0.2) is 0 Å². The molecule has 68 valence electrons. The lowest BCUT2D eigenvalue weighted by atomic mass is 10.2. The summed E-state index contributed by atoms with van der Waals surface area (Å²) in [6, 6.07) is 0. The minimum Gasteiger partial charge on any atom is -0.171 e. The fourth-order valence-corrected chi connectivity index (χ4v) is 0.355. The first-order valence-electron chi connectivity index (χ1n) is 3.63. The summed E-state index contributed by atoms with van der Waals surface area (Å²) in [6.07, 6.45) is -4.73. The zero-order valence-corrected chi connectivity index (χ0v) is 7.26. The molecule has 0 aliphatic rings. The number of rotatable bonds is 2. The molecular formula is C8H15F3. The van der Waals surface area contributed by atoms with Gasteiger partial charge in [-0.25, -0.2) is 0 Å². The van der Waals surface area contributed by atoms with Crippen LogP contribution in [-0.4, -0.2) is 6.18 Å². The van der Waals surface area contributed by atoms with E-state index in [-0.39, 0.29) is 6.42 Å². The van der Waals surface area contributed by atoms with E-state index in [4.69, 9.17) is 0 Å². The van der Waals surface area contributed by atoms with Crippen LogP contribution < -0.4 is 0 Å². The Labute approximate surface area is 66.1 Å². The average molecular weight is 168 g/mol. The Hall–Kier alpha value is -0.470. The molecule has 0 amide bonds. The number of allylic oxidation sites excluding steroid dienone is 1. The van der Waals surface area contributed by atoms with Crippen LogP contribution in [0.5, 0.6) is 0 Å². The largest absolute Gasteiger partial charge is 0.389 e. The summed E-state index contributed by atoms with van der Waals surface area (Å²) >= 11 is 0. The molecule has 0 saturated carbocycles. The lowest BCUT2D eigenvalue weighted by Gasteiger charge is -2.03. The fraction of sp³-hybridized carbons (Fsp3) is 0.750. The van der Waals surface area contributed by atoms with Crippen LogP contribution in [0.4, 0.5) is 13.2 Å². The summed E-state index contributed by atoms with van der Waals surface area (Å²) in [5.74, 6) is 0. The van der Waals surface area contributed by atoms with Crippen LogP contribution in [-0.2, 0) is 0 Å². The Morgan fingerprint density at radius 3 is 1.73 bits per heavy atom. The van der Waals surface area contributed by atoms with Crippen molar-refractivity contribution in [2.75, 3.05) is 0 Å². The van der Waals surface area contributed by atoms with Crippen LogP contribution >= 0.6 is 0 Å². The van der Waals surface area contributed by atoms with Gasteiger partial charge in [0.1, 0.15) is 0 Å². The maximum absolute atomic E-state index is 11.4. The van der Waals surface area contributed by atoms with Crippen molar-refractivity contribution in [3.05, 3.63) is 12.2 Å². The number of hydrogen-bond acceptors (Lipinski definition) is 0. The van der Waals surface area contributed by atoms with E-state index in [0.717, 1.165) is 0 Å². The van der Waals surface area contributed by atoms with E-state index >= 15 is 0 Å². The van der Waals surface area contributed by atoms with Gasteiger partial charge in [0.25, 0.3) is 0 Å². The predicted molar refractivity (Wildman–Crippen MR) is 41.5 cm³/mol. The van der Waals surface area contributed by atoms with Crippen LogP contribution in [0.25, 0.3) is 0 Å². The average Bonchev–Trinajstić information content (AvgIpc) is 1.87. The summed E-state index contributed by atoms with van der Waals surface area (Å²) in [7, 11) is 0. The quantitative estimate of drug-likeness (QED) is 0.548. The molecule has 0 heterocycles. The van der Waals surface area contributed by atoms with Gasteiger partial charge < -0.3 is 0 Å². The zero-order valence-electron chi connectivity index (χ0n) is 7.26. The second kappa shape index (κ2) is 6.25. The van der Waals surface area contributed by atoms with E-state index in [0.29, 0.717) is 5.57 Å². The highest BCUT2D eigenvalue weighted by Gasteiger charge is 2.25. The number of hydrogen-bond donors (Lipinski definition) is 0. The first kappa shape index (κ1) is 13.1. The van der Waals surface area contributed by atoms with Gasteiger partial charge in [-0.05, 0) is 13.3 Å². The fourth-order valence-electron chi connectivity index (χ4n) is 0.355. The number of alkyl halides is 3. The van der Waals surface area contributed by atoms with Crippen molar-refractivity contribution >= 4 is 0 Å². The van der Waals surface area contributed by atoms with Crippen molar-refractivity contribution in [3.63, 3.8) is 0 Å². The van der Waals surface area contributed by atoms with Gasteiger partial charge >= 0.3 is 6.18 Å². The molecule has 0 aromatic heterocycles. The molecular weight excluding hydrogens is 153 g/mol. The van der Waals surface area contributed by atoms with Gasteiger partial charge in [-0.15, -0.1) is 6.58 Å². The van der Waals surface area contributed by atoms with Gasteiger partial charge in [-0.1, -0.05) is 19.4 Å². The second-order valence-electron chi connectivity index (χ2n) is 2.07. The summed E-state index contributed by atoms with van der Waals surface area (Å²) < 4.78 is 34.1. The first-order chi connectivity index (χ1) is 4.92. The van der Waals surface area contributed by atoms with Crippen molar-refractivity contribution in [3.8, 4) is 0 Å². The Morgan fingerprint density at radius 2 is 1.64 bits per heavy atom. The lowest BCUT2D eigenvalue weighted by molar-refractivity contribution is -0.133. The summed E-state index contributed by atoms with van der Waals surface area (Å²) in [5.41, 5.74) is 0.576. The van der Waals surface area contributed by atoms with Crippen molar-refractivity contribution in [1.82, 2.24) is 0 Å². The van der Waals surface area contributed by atoms with Crippen LogP contribution in [0.3, 0.4) is 0 Å². The van der Waals surface area contributed by atoms with E-state index in [1.165, 1.54) is 0 Å². The third-order valence-electron chi connectivity index (χ3n) is 0.835. The zero-order chi connectivity index (χ0) is 9.49. The molecule has 0 nitrogen and oxygen atoms in total. The Bertz CT molecular complexity index is 102. The molecule has 0 unspecified atom stereocenters. The minimum atomic E-state index is -4.03. The molecule has 0 N–H and O–H groups in total. The smallest absolute Gasteiger partial charge is 0.171 e. The highest BCUT2D eigenvalue weighted by atomic mass is 19.4. The van der Waals surface area contributed by atoms with E-state index in [1.807, 2.05) is 13.8 Å². The number of halogens is 3. The van der Waals surface area contributed by atoms with Gasteiger partial charge in [0.2, 0.25) is 0 Å². The standard InChI is InChI=1S/C6H9F3.C2H6/c1-5(2)3-4-6(7,8)9;1-2/h1,3-4H2,2H3;1-2H3. The maximum atomic E-state index is 11.4. The molecule has 0 spiro atoms. The normalized spacial score (nSPS) is 10.0. The molecule has 0 aromatic rings. The minimum absolute atomic E-state index is 0.0451. The van der Waals surface area contributed by atoms with E-state index in [1.54, 1.807) is 6.92 Å². The molecule has 0 radical (unpaired) electrons. The van der Waals surface area contributed by atoms with Crippen LogP contribution in [0.2, 0.25) is 0 Å². The van der Waals surface area contributed by atoms with Gasteiger partial charge in [-0.2, -0.15) is 13.2 Å². The van der Waals surface area contributed by atoms with Crippen LogP contribution in [0.15, 0.2) is 12.2 Å². The van der Waals surface area contributed by atoms with Crippen molar-refractivity contribution in [1.29, 1.82) is 0 Å². The highest BCUT2D eigenvalue weighted by Crippen LogP contribution is 2.22. The Morgan fingerprint density at radius 1 is 1.27 bits per heavy atom. The highest BCUT2D eigenvalue weighted by molar-refractivity contribution is 4.88. The topological polar surface area (TPSA) is 0 Å². The first-order valence-corrected chi connectivity index (χ1v) is 3.63. The van der Waals surface area contributed by atoms with Crippen molar-refractivity contribution in [2.24, 2.45) is 0 Å². The van der Waals surface area contributed by atoms with Gasteiger partial charge in [0.05, 0.1) is 0 Å². The molecule has 11 heavy (non-hydrogen) atoms. The maximum Gasteiger partial charge on any atom is 0.389 e. The summed E-state index contributed by atoms with van der Waals surface area (Å²) in [4.78, 5) is 0. The molecule has 0 bridgehead atoms. The monoisotopic (exact) mass is 168 g/mol. The van der Waals surface area contributed by atoms with Gasteiger partial charge in [0, 0.05) is 6.42 Å². The molecule has 0 rings (SSSR count). The van der Waals surface area contributed by atoms with Crippen molar-refractivity contribution < 1.29 is 13.2 Å².